The van der Waals surface area contributed by atoms with Gasteiger partial charge in [0.05, 0.1) is 23.7 Å². The molecule has 5 nitrogen and oxygen atoms in total. The van der Waals surface area contributed by atoms with E-state index in [-0.39, 0.29) is 17.7 Å². The number of halogens is 1. The van der Waals surface area contributed by atoms with Crippen LogP contribution < -0.4 is 15.4 Å². The molecule has 0 aliphatic heterocycles. The summed E-state index contributed by atoms with van der Waals surface area (Å²) in [5.74, 6) is -0.281. The molecule has 0 saturated carbocycles. The topological polar surface area (TPSA) is 63.2 Å². The Morgan fingerprint density at radius 3 is 2.52 bits per heavy atom. The molecule has 23 heavy (non-hydrogen) atoms. The molecule has 1 atom stereocenters. The van der Waals surface area contributed by atoms with Crippen LogP contribution in [-0.2, 0) is 4.79 Å². The molecule has 122 valence electrons. The lowest BCUT2D eigenvalue weighted by atomic mass is 10.2. The number of rotatable bonds is 6. The lowest BCUT2D eigenvalue weighted by Crippen LogP contribution is -2.32. The molecule has 0 aliphatic rings. The van der Waals surface area contributed by atoms with Gasteiger partial charge in [0.15, 0.2) is 0 Å². The summed E-state index contributed by atoms with van der Waals surface area (Å²) >= 11 is 0. The first-order valence-corrected chi connectivity index (χ1v) is 7.40. The smallest absolute Gasteiger partial charge is 0.246 e. The number of aromatic nitrogens is 1. The minimum absolute atomic E-state index is 0.0479. The Balaban J connectivity index is 1.94. The second kappa shape index (κ2) is 7.58. The van der Waals surface area contributed by atoms with Crippen molar-refractivity contribution in [1.82, 2.24) is 4.98 Å². The number of para-hydroxylation sites is 1. The molecule has 2 aromatic rings. The third kappa shape index (κ3) is 4.95. The van der Waals surface area contributed by atoms with Gasteiger partial charge in [-0.1, -0.05) is 12.1 Å². The quantitative estimate of drug-likeness (QED) is 0.856. The van der Waals surface area contributed by atoms with Crippen LogP contribution in [0.3, 0.4) is 0 Å². The highest BCUT2D eigenvalue weighted by atomic mass is 19.1. The zero-order valence-corrected chi connectivity index (χ0v) is 13.3. The van der Waals surface area contributed by atoms with Crippen LogP contribution in [0.2, 0.25) is 0 Å². The standard InChI is InChI=1S/C17H20FN3O2/c1-11(2)23-16-9-8-13(10-19-16)20-12(3)17(22)21-15-7-5-4-6-14(15)18/h4-12,20H,1-3H3,(H,21,22). The number of hydrogen-bond donors (Lipinski definition) is 2. The third-order valence-electron chi connectivity index (χ3n) is 3.00. The van der Waals surface area contributed by atoms with Crippen molar-refractivity contribution < 1.29 is 13.9 Å². The summed E-state index contributed by atoms with van der Waals surface area (Å²) in [4.78, 5) is 16.2. The van der Waals surface area contributed by atoms with Crippen molar-refractivity contribution in [1.29, 1.82) is 0 Å². The molecule has 0 aliphatic carbocycles. The van der Waals surface area contributed by atoms with E-state index in [1.165, 1.54) is 12.1 Å². The summed E-state index contributed by atoms with van der Waals surface area (Å²) in [5.41, 5.74) is 0.835. The molecule has 0 radical (unpaired) electrons. The van der Waals surface area contributed by atoms with Gasteiger partial charge in [0.25, 0.3) is 0 Å². The SMILES string of the molecule is CC(C)Oc1ccc(NC(C)C(=O)Nc2ccccc2F)cn1. The number of benzene rings is 1. The highest BCUT2D eigenvalue weighted by Crippen LogP contribution is 2.15. The van der Waals surface area contributed by atoms with Crippen LogP contribution in [-0.4, -0.2) is 23.0 Å². The van der Waals surface area contributed by atoms with Crippen molar-refractivity contribution in [2.24, 2.45) is 0 Å². The minimum atomic E-state index is -0.548. The number of pyridine rings is 1. The van der Waals surface area contributed by atoms with Gasteiger partial charge in [0, 0.05) is 6.07 Å². The van der Waals surface area contributed by atoms with Gasteiger partial charge in [-0.3, -0.25) is 4.79 Å². The predicted molar refractivity (Wildman–Crippen MR) is 88.1 cm³/mol. The normalized spacial score (nSPS) is 11.9. The first-order chi connectivity index (χ1) is 11.0. The summed E-state index contributed by atoms with van der Waals surface area (Å²) in [6, 6.07) is 8.99. The molecular weight excluding hydrogens is 297 g/mol. The first-order valence-electron chi connectivity index (χ1n) is 7.40. The fourth-order valence-electron chi connectivity index (χ4n) is 1.90. The van der Waals surface area contributed by atoms with E-state index >= 15 is 0 Å². The maximum absolute atomic E-state index is 13.5. The molecule has 1 heterocycles. The summed E-state index contributed by atoms with van der Waals surface area (Å²) in [6.45, 7) is 5.53. The summed E-state index contributed by atoms with van der Waals surface area (Å²) in [6.07, 6.45) is 1.64. The molecule has 2 N–H and O–H groups in total. The van der Waals surface area contributed by atoms with Crippen molar-refractivity contribution in [3.63, 3.8) is 0 Å². The molecule has 6 heteroatoms. The maximum atomic E-state index is 13.5. The largest absolute Gasteiger partial charge is 0.475 e. The van der Waals surface area contributed by atoms with E-state index < -0.39 is 11.9 Å². The first kappa shape index (κ1) is 16.7. The Labute approximate surface area is 134 Å². The van der Waals surface area contributed by atoms with Crippen LogP contribution in [0.25, 0.3) is 0 Å². The number of hydrogen-bond acceptors (Lipinski definition) is 4. The Morgan fingerprint density at radius 1 is 1.17 bits per heavy atom. The molecule has 2 rings (SSSR count). The molecule has 1 unspecified atom stereocenters. The Kier molecular flexibility index (Phi) is 5.51. The molecule has 0 spiro atoms. The van der Waals surface area contributed by atoms with Crippen LogP contribution in [0.15, 0.2) is 42.6 Å². The number of ether oxygens (including phenoxy) is 1. The number of anilines is 2. The highest BCUT2D eigenvalue weighted by molar-refractivity contribution is 5.96. The summed E-state index contributed by atoms with van der Waals surface area (Å²) in [5, 5.41) is 5.56. The molecule has 1 aromatic heterocycles. The van der Waals surface area contributed by atoms with Crippen molar-refractivity contribution in [3.05, 3.63) is 48.4 Å². The fourth-order valence-corrected chi connectivity index (χ4v) is 1.90. The Bertz CT molecular complexity index is 659. The van der Waals surface area contributed by atoms with E-state index in [0.29, 0.717) is 11.6 Å². The van der Waals surface area contributed by atoms with Crippen LogP contribution >= 0.6 is 0 Å². The zero-order valence-electron chi connectivity index (χ0n) is 13.3. The monoisotopic (exact) mass is 317 g/mol. The molecule has 1 aromatic carbocycles. The minimum Gasteiger partial charge on any atom is -0.475 e. The van der Waals surface area contributed by atoms with Crippen LogP contribution in [0.5, 0.6) is 5.88 Å². The molecule has 0 fully saturated rings. The average molecular weight is 317 g/mol. The van der Waals surface area contributed by atoms with Crippen molar-refractivity contribution in [2.75, 3.05) is 10.6 Å². The van der Waals surface area contributed by atoms with Crippen LogP contribution in [0.4, 0.5) is 15.8 Å². The number of carbonyl (C=O) groups excluding carboxylic acids is 1. The third-order valence-corrected chi connectivity index (χ3v) is 3.00. The lowest BCUT2D eigenvalue weighted by molar-refractivity contribution is -0.116. The van der Waals surface area contributed by atoms with Gasteiger partial charge in [-0.2, -0.15) is 0 Å². The lowest BCUT2D eigenvalue weighted by Gasteiger charge is -2.16. The molecule has 0 saturated heterocycles. The maximum Gasteiger partial charge on any atom is 0.246 e. The van der Waals surface area contributed by atoms with Crippen molar-refractivity contribution >= 4 is 17.3 Å². The van der Waals surface area contributed by atoms with Gasteiger partial charge < -0.3 is 15.4 Å². The van der Waals surface area contributed by atoms with E-state index in [1.807, 2.05) is 13.8 Å². The number of amides is 1. The number of nitrogens with zero attached hydrogens (tertiary/aromatic N) is 1. The van der Waals surface area contributed by atoms with Gasteiger partial charge in [-0.15, -0.1) is 0 Å². The van der Waals surface area contributed by atoms with Gasteiger partial charge in [-0.25, -0.2) is 9.37 Å². The summed E-state index contributed by atoms with van der Waals surface area (Å²) < 4.78 is 19.0. The molecule has 1 amide bonds. The van der Waals surface area contributed by atoms with Gasteiger partial charge in [-0.05, 0) is 39.0 Å². The van der Waals surface area contributed by atoms with Crippen molar-refractivity contribution in [3.8, 4) is 5.88 Å². The Morgan fingerprint density at radius 2 is 1.91 bits per heavy atom. The van der Waals surface area contributed by atoms with Crippen LogP contribution in [0.1, 0.15) is 20.8 Å². The van der Waals surface area contributed by atoms with E-state index in [1.54, 1.807) is 37.4 Å². The van der Waals surface area contributed by atoms with Gasteiger partial charge >= 0.3 is 0 Å². The fraction of sp³-hybridized carbons (Fsp3) is 0.294. The average Bonchev–Trinajstić information content (AvgIpc) is 2.51. The molecule has 0 bridgehead atoms. The molecular formula is C17H20FN3O2. The highest BCUT2D eigenvalue weighted by Gasteiger charge is 2.14. The Hall–Kier alpha value is -2.63. The van der Waals surface area contributed by atoms with E-state index in [0.717, 1.165) is 0 Å². The van der Waals surface area contributed by atoms with E-state index in [9.17, 15) is 9.18 Å². The second-order valence-corrected chi connectivity index (χ2v) is 5.39. The number of carbonyl (C=O) groups is 1. The van der Waals surface area contributed by atoms with Gasteiger partial charge in [0.2, 0.25) is 11.8 Å². The van der Waals surface area contributed by atoms with Crippen LogP contribution in [0, 0.1) is 5.82 Å². The van der Waals surface area contributed by atoms with E-state index in [2.05, 4.69) is 15.6 Å². The van der Waals surface area contributed by atoms with E-state index in [4.69, 9.17) is 4.74 Å². The zero-order chi connectivity index (χ0) is 16.8. The van der Waals surface area contributed by atoms with Gasteiger partial charge in [0.1, 0.15) is 11.9 Å². The van der Waals surface area contributed by atoms with Crippen molar-refractivity contribution in [2.45, 2.75) is 32.9 Å². The second-order valence-electron chi connectivity index (χ2n) is 5.39. The predicted octanol–water partition coefficient (Wildman–Crippen LogP) is 3.45. The number of nitrogens with one attached hydrogen (secondary N) is 2. The summed E-state index contributed by atoms with van der Waals surface area (Å²) in [7, 11) is 0.